The van der Waals surface area contributed by atoms with Crippen LogP contribution in [0.4, 0.5) is 10.2 Å². The smallest absolute Gasteiger partial charge is 0.257 e. The number of carbonyl (C=O) groups excluding carboxylic acids is 1. The van der Waals surface area contributed by atoms with Gasteiger partial charge in [0.15, 0.2) is 0 Å². The molecule has 1 unspecified atom stereocenters. The first-order valence-electron chi connectivity index (χ1n) is 7.46. The van der Waals surface area contributed by atoms with Gasteiger partial charge in [-0.3, -0.25) is 4.79 Å². The van der Waals surface area contributed by atoms with Crippen LogP contribution in [0.1, 0.15) is 37.0 Å². The summed E-state index contributed by atoms with van der Waals surface area (Å²) < 4.78 is 19.0. The number of likely N-dealkylation sites (N-methyl/N-ethyl adjacent to an activating group) is 1. The van der Waals surface area contributed by atoms with Crippen molar-refractivity contribution in [2.24, 2.45) is 0 Å². The summed E-state index contributed by atoms with van der Waals surface area (Å²) in [6, 6.07) is 1.24. The first-order valence-corrected chi connectivity index (χ1v) is 7.46. The van der Waals surface area contributed by atoms with Crippen LogP contribution >= 0.6 is 0 Å². The largest absolute Gasteiger partial charge is 0.376 e. The number of nitrogens with zero attached hydrogens (tertiary/aromatic N) is 2. The van der Waals surface area contributed by atoms with Crippen molar-refractivity contribution in [1.82, 2.24) is 9.88 Å². The second-order valence-corrected chi connectivity index (χ2v) is 5.06. The molecule has 6 heteroatoms. The number of hydrogen-bond donors (Lipinski definition) is 1. The maximum Gasteiger partial charge on any atom is 0.257 e. The Balaban J connectivity index is 2.17. The minimum atomic E-state index is -0.506. The highest BCUT2D eigenvalue weighted by Gasteiger charge is 2.24. The summed E-state index contributed by atoms with van der Waals surface area (Å²) >= 11 is 0. The summed E-state index contributed by atoms with van der Waals surface area (Å²) in [6.07, 6.45) is 3.19. The number of rotatable bonds is 6. The van der Waals surface area contributed by atoms with Gasteiger partial charge in [0.05, 0.1) is 17.9 Å². The zero-order valence-corrected chi connectivity index (χ0v) is 12.6. The molecule has 2 heterocycles. The molecule has 0 aromatic carbocycles. The van der Waals surface area contributed by atoms with E-state index in [4.69, 9.17) is 4.74 Å². The number of nitrogens with one attached hydrogen (secondary N) is 1. The number of aromatic nitrogens is 1. The Morgan fingerprint density at radius 1 is 1.57 bits per heavy atom. The van der Waals surface area contributed by atoms with E-state index in [-0.39, 0.29) is 17.6 Å². The van der Waals surface area contributed by atoms with Crippen LogP contribution in [-0.4, -0.2) is 48.1 Å². The SMILES string of the molecule is CCNc1ncc(F)cc1C(=O)N(CC)CC1CCCO1. The Morgan fingerprint density at radius 3 is 3.00 bits per heavy atom. The van der Waals surface area contributed by atoms with Gasteiger partial charge in [-0.25, -0.2) is 9.37 Å². The number of carbonyl (C=O) groups is 1. The third-order valence-corrected chi connectivity index (χ3v) is 3.55. The number of ether oxygens (including phenoxy) is 1. The van der Waals surface area contributed by atoms with E-state index in [0.717, 1.165) is 25.6 Å². The van der Waals surface area contributed by atoms with Crippen molar-refractivity contribution in [1.29, 1.82) is 0 Å². The van der Waals surface area contributed by atoms with Gasteiger partial charge in [-0.05, 0) is 32.8 Å². The van der Waals surface area contributed by atoms with Gasteiger partial charge >= 0.3 is 0 Å². The standard InChI is InChI=1S/C15H22FN3O2/c1-3-17-14-13(8-11(16)9-18-14)15(20)19(4-2)10-12-6-5-7-21-12/h8-9,12H,3-7,10H2,1-2H3,(H,17,18). The summed E-state index contributed by atoms with van der Waals surface area (Å²) in [5.74, 6) is -0.293. The third-order valence-electron chi connectivity index (χ3n) is 3.55. The highest BCUT2D eigenvalue weighted by atomic mass is 19.1. The Labute approximate surface area is 124 Å². The molecule has 1 atom stereocenters. The molecule has 1 aliphatic rings. The molecule has 0 radical (unpaired) electrons. The van der Waals surface area contributed by atoms with Crippen LogP contribution < -0.4 is 5.32 Å². The molecule has 1 aliphatic heterocycles. The molecule has 1 amide bonds. The van der Waals surface area contributed by atoms with E-state index in [9.17, 15) is 9.18 Å². The minimum Gasteiger partial charge on any atom is -0.376 e. The second-order valence-electron chi connectivity index (χ2n) is 5.06. The number of anilines is 1. The zero-order valence-electron chi connectivity index (χ0n) is 12.6. The summed E-state index contributed by atoms with van der Waals surface area (Å²) in [5, 5.41) is 3.00. The molecule has 21 heavy (non-hydrogen) atoms. The Morgan fingerprint density at radius 2 is 2.38 bits per heavy atom. The average molecular weight is 295 g/mol. The van der Waals surface area contributed by atoms with Crippen molar-refractivity contribution in [3.63, 3.8) is 0 Å². The molecule has 0 bridgehead atoms. The predicted octanol–water partition coefficient (Wildman–Crippen LogP) is 2.29. The van der Waals surface area contributed by atoms with Gasteiger partial charge < -0.3 is 15.0 Å². The summed E-state index contributed by atoms with van der Waals surface area (Å²) in [5.41, 5.74) is 0.275. The molecule has 5 nitrogen and oxygen atoms in total. The monoisotopic (exact) mass is 295 g/mol. The lowest BCUT2D eigenvalue weighted by Crippen LogP contribution is -2.37. The number of hydrogen-bond acceptors (Lipinski definition) is 4. The van der Waals surface area contributed by atoms with Gasteiger partial charge in [-0.1, -0.05) is 0 Å². The molecule has 0 saturated carbocycles. The van der Waals surface area contributed by atoms with Gasteiger partial charge in [0.2, 0.25) is 0 Å². The van der Waals surface area contributed by atoms with Crippen molar-refractivity contribution in [3.05, 3.63) is 23.6 Å². The van der Waals surface area contributed by atoms with Gasteiger partial charge in [-0.2, -0.15) is 0 Å². The fraction of sp³-hybridized carbons (Fsp3) is 0.600. The molecule has 1 N–H and O–H groups in total. The molecule has 2 rings (SSSR count). The van der Waals surface area contributed by atoms with Crippen molar-refractivity contribution in [2.75, 3.05) is 31.6 Å². The summed E-state index contributed by atoms with van der Waals surface area (Å²) in [7, 11) is 0. The lowest BCUT2D eigenvalue weighted by molar-refractivity contribution is 0.0539. The molecule has 0 aliphatic carbocycles. The summed E-state index contributed by atoms with van der Waals surface area (Å²) in [6.45, 7) is 6.28. The van der Waals surface area contributed by atoms with Gasteiger partial charge in [0.1, 0.15) is 11.6 Å². The number of pyridine rings is 1. The van der Waals surface area contributed by atoms with E-state index in [2.05, 4.69) is 10.3 Å². The number of amides is 1. The molecule has 1 aromatic rings. The van der Waals surface area contributed by atoms with Crippen LogP contribution in [0.15, 0.2) is 12.3 Å². The third kappa shape index (κ3) is 3.91. The average Bonchev–Trinajstić information content (AvgIpc) is 2.99. The molecule has 1 saturated heterocycles. The van der Waals surface area contributed by atoms with E-state index < -0.39 is 5.82 Å². The maximum absolute atomic E-state index is 13.4. The predicted molar refractivity (Wildman–Crippen MR) is 78.9 cm³/mol. The summed E-state index contributed by atoms with van der Waals surface area (Å²) in [4.78, 5) is 18.3. The quantitative estimate of drug-likeness (QED) is 0.875. The van der Waals surface area contributed by atoms with Gasteiger partial charge in [0, 0.05) is 26.2 Å². The van der Waals surface area contributed by atoms with E-state index >= 15 is 0 Å². The molecule has 116 valence electrons. The van der Waals surface area contributed by atoms with Crippen LogP contribution in [0, 0.1) is 5.82 Å². The van der Waals surface area contributed by atoms with Crippen LogP contribution in [0.25, 0.3) is 0 Å². The van der Waals surface area contributed by atoms with Crippen LogP contribution in [-0.2, 0) is 4.74 Å². The molecular formula is C15H22FN3O2. The van der Waals surface area contributed by atoms with Crippen LogP contribution in [0.2, 0.25) is 0 Å². The molecular weight excluding hydrogens is 273 g/mol. The van der Waals surface area contributed by atoms with E-state index in [1.54, 1.807) is 4.90 Å². The zero-order chi connectivity index (χ0) is 15.2. The first kappa shape index (κ1) is 15.7. The Hall–Kier alpha value is -1.69. The molecule has 1 fully saturated rings. The van der Waals surface area contributed by atoms with Crippen LogP contribution in [0.3, 0.4) is 0 Å². The van der Waals surface area contributed by atoms with Crippen LogP contribution in [0.5, 0.6) is 0 Å². The van der Waals surface area contributed by atoms with E-state index in [1.165, 1.54) is 6.07 Å². The topological polar surface area (TPSA) is 54.5 Å². The Kier molecular flexibility index (Phi) is 5.50. The first-order chi connectivity index (χ1) is 10.2. The van der Waals surface area contributed by atoms with E-state index in [1.807, 2.05) is 13.8 Å². The highest BCUT2D eigenvalue weighted by Crippen LogP contribution is 2.19. The fourth-order valence-electron chi connectivity index (χ4n) is 2.47. The minimum absolute atomic E-state index is 0.0815. The second kappa shape index (κ2) is 7.36. The highest BCUT2D eigenvalue weighted by molar-refractivity contribution is 5.98. The Bertz CT molecular complexity index is 490. The van der Waals surface area contributed by atoms with Gasteiger partial charge in [0.25, 0.3) is 5.91 Å². The normalized spacial score (nSPS) is 17.8. The van der Waals surface area contributed by atoms with Crippen molar-refractivity contribution in [3.8, 4) is 0 Å². The molecule has 0 spiro atoms. The number of halogens is 1. The van der Waals surface area contributed by atoms with Crippen molar-refractivity contribution >= 4 is 11.7 Å². The van der Waals surface area contributed by atoms with E-state index in [0.29, 0.717) is 25.5 Å². The van der Waals surface area contributed by atoms with Gasteiger partial charge in [-0.15, -0.1) is 0 Å². The molecule has 1 aromatic heterocycles. The lowest BCUT2D eigenvalue weighted by Gasteiger charge is -2.24. The van der Waals surface area contributed by atoms with Crippen molar-refractivity contribution < 1.29 is 13.9 Å². The van der Waals surface area contributed by atoms with Crippen molar-refractivity contribution in [2.45, 2.75) is 32.8 Å². The lowest BCUT2D eigenvalue weighted by atomic mass is 10.2. The maximum atomic E-state index is 13.4. The fourth-order valence-corrected chi connectivity index (χ4v) is 2.47.